The number of fused-ring (bicyclic) bond motifs is 1. The fraction of sp³-hybridized carbons (Fsp3) is 0.387. The number of carboxylic acid groups (broad SMARTS) is 1. The van der Waals surface area contributed by atoms with Gasteiger partial charge >= 0.3 is 12.1 Å². The molecule has 10 nitrogen and oxygen atoms in total. The van der Waals surface area contributed by atoms with Crippen molar-refractivity contribution in [3.05, 3.63) is 71.8 Å². The van der Waals surface area contributed by atoms with E-state index in [-0.39, 0.29) is 35.3 Å². The number of imidazole rings is 1. The van der Waals surface area contributed by atoms with Gasteiger partial charge in [-0.05, 0) is 74.9 Å². The van der Waals surface area contributed by atoms with Gasteiger partial charge in [-0.2, -0.15) is 9.97 Å². The monoisotopic (exact) mass is 575 g/mol. The number of aromatic nitrogens is 4. The van der Waals surface area contributed by atoms with Crippen LogP contribution in [0.4, 0.5) is 15.1 Å². The molecule has 0 aliphatic heterocycles. The summed E-state index contributed by atoms with van der Waals surface area (Å²) in [6.07, 6.45) is 6.74. The molecular formula is C31H34FN5O5. The molecule has 5 rings (SSSR count). The number of benzene rings is 2. The molecule has 1 fully saturated rings. The molecule has 1 aliphatic rings. The zero-order chi connectivity index (χ0) is 29.9. The predicted molar refractivity (Wildman–Crippen MR) is 154 cm³/mol. The first-order chi connectivity index (χ1) is 20.1. The van der Waals surface area contributed by atoms with Crippen molar-refractivity contribution in [3.63, 3.8) is 0 Å². The summed E-state index contributed by atoms with van der Waals surface area (Å²) in [5.74, 6) is -0.799. The number of rotatable bonds is 8. The molecule has 0 spiro atoms. The highest BCUT2D eigenvalue weighted by Crippen LogP contribution is 2.33. The topological polar surface area (TPSA) is 120 Å². The van der Waals surface area contributed by atoms with Crippen LogP contribution in [0.5, 0.6) is 11.6 Å². The van der Waals surface area contributed by atoms with E-state index in [1.807, 2.05) is 12.1 Å². The molecule has 42 heavy (non-hydrogen) atoms. The summed E-state index contributed by atoms with van der Waals surface area (Å²) in [6, 6.07) is 13.5. The lowest BCUT2D eigenvalue weighted by Crippen LogP contribution is -2.37. The molecule has 0 saturated heterocycles. The van der Waals surface area contributed by atoms with Gasteiger partial charge < -0.3 is 19.1 Å². The molecule has 4 aromatic rings. The van der Waals surface area contributed by atoms with Crippen LogP contribution >= 0.6 is 0 Å². The average molecular weight is 576 g/mol. The Morgan fingerprint density at radius 3 is 2.36 bits per heavy atom. The fourth-order valence-corrected chi connectivity index (χ4v) is 5.02. The standard InChI is InChI=1S/C31H34FN5O5/c1-31(2,3)42-30(40)37(17-20-9-11-22(12-10-20)21-7-5-4-6-8-21)29-34-27-26(33-19-36(27)18-25(38)39)28(35-29)41-24-15-13-23(32)14-16-24/h9-16,19,21H,4-8,17-18H2,1-3H3,(H,38,39). The van der Waals surface area contributed by atoms with Crippen molar-refractivity contribution >= 4 is 29.2 Å². The highest BCUT2D eigenvalue weighted by molar-refractivity contribution is 5.88. The highest BCUT2D eigenvalue weighted by atomic mass is 19.1. The minimum atomic E-state index is -1.10. The van der Waals surface area contributed by atoms with Crippen LogP contribution in [0.15, 0.2) is 54.9 Å². The van der Waals surface area contributed by atoms with Crippen LogP contribution in [0, 0.1) is 5.82 Å². The van der Waals surface area contributed by atoms with Gasteiger partial charge in [0.15, 0.2) is 11.2 Å². The molecule has 0 atom stereocenters. The molecule has 1 saturated carbocycles. The molecule has 0 bridgehead atoms. The number of hydrogen-bond acceptors (Lipinski definition) is 7. The zero-order valence-corrected chi connectivity index (χ0v) is 23.9. The Balaban J connectivity index is 1.55. The highest BCUT2D eigenvalue weighted by Gasteiger charge is 2.28. The molecule has 11 heteroatoms. The van der Waals surface area contributed by atoms with Crippen molar-refractivity contribution in [1.82, 2.24) is 19.5 Å². The molecule has 2 aromatic heterocycles. The lowest BCUT2D eigenvalue weighted by Gasteiger charge is -2.27. The van der Waals surface area contributed by atoms with Crippen LogP contribution < -0.4 is 9.64 Å². The van der Waals surface area contributed by atoms with Gasteiger partial charge in [0.1, 0.15) is 23.7 Å². The molecule has 0 unspecified atom stereocenters. The largest absolute Gasteiger partial charge is 0.480 e. The zero-order valence-electron chi connectivity index (χ0n) is 23.9. The second-order valence-corrected chi connectivity index (χ2v) is 11.5. The third-order valence-electron chi connectivity index (χ3n) is 7.01. The number of amides is 1. The summed E-state index contributed by atoms with van der Waals surface area (Å²) >= 11 is 0. The van der Waals surface area contributed by atoms with Crippen molar-refractivity contribution < 1.29 is 28.6 Å². The van der Waals surface area contributed by atoms with E-state index in [9.17, 15) is 19.1 Å². The Bertz CT molecular complexity index is 1560. The summed E-state index contributed by atoms with van der Waals surface area (Å²) in [6.45, 7) is 4.96. The maximum absolute atomic E-state index is 13.5. The smallest absolute Gasteiger partial charge is 0.417 e. The third kappa shape index (κ3) is 7.02. The Morgan fingerprint density at radius 1 is 1.02 bits per heavy atom. The number of carbonyl (C=O) groups excluding carboxylic acids is 1. The first-order valence-electron chi connectivity index (χ1n) is 14.0. The fourth-order valence-electron chi connectivity index (χ4n) is 5.02. The SMILES string of the molecule is CC(C)(C)OC(=O)N(Cc1ccc(C2CCCCC2)cc1)c1nc(Oc2ccc(F)cc2)c2ncn(CC(=O)O)c2n1. The van der Waals surface area contributed by atoms with Crippen molar-refractivity contribution in [1.29, 1.82) is 0 Å². The van der Waals surface area contributed by atoms with Crippen LogP contribution in [0.3, 0.4) is 0 Å². The lowest BCUT2D eigenvalue weighted by atomic mass is 9.84. The van der Waals surface area contributed by atoms with Crippen LogP contribution in [0.25, 0.3) is 11.2 Å². The minimum absolute atomic E-state index is 0.0213. The third-order valence-corrected chi connectivity index (χ3v) is 7.01. The molecule has 1 N–H and O–H groups in total. The molecule has 220 valence electrons. The Labute approximate surface area is 243 Å². The number of halogens is 1. The van der Waals surface area contributed by atoms with Crippen molar-refractivity contribution in [2.45, 2.75) is 77.5 Å². The quantitative estimate of drug-likeness (QED) is 0.243. The first kappa shape index (κ1) is 29.0. The van der Waals surface area contributed by atoms with Crippen LogP contribution in [0.2, 0.25) is 0 Å². The number of aliphatic carboxylic acids is 1. The van der Waals surface area contributed by atoms with Crippen LogP contribution in [-0.2, 0) is 22.6 Å². The molecule has 0 radical (unpaired) electrons. The van der Waals surface area contributed by atoms with Gasteiger partial charge in [0.05, 0.1) is 12.9 Å². The number of carbonyl (C=O) groups is 2. The second kappa shape index (κ2) is 12.1. The van der Waals surface area contributed by atoms with Gasteiger partial charge in [0.2, 0.25) is 5.95 Å². The number of ether oxygens (including phenoxy) is 2. The molecule has 1 amide bonds. The Kier molecular flexibility index (Phi) is 8.37. The van der Waals surface area contributed by atoms with E-state index in [1.54, 1.807) is 20.8 Å². The number of hydrogen-bond donors (Lipinski definition) is 1. The van der Waals surface area contributed by atoms with Crippen molar-refractivity contribution in [2.24, 2.45) is 0 Å². The summed E-state index contributed by atoms with van der Waals surface area (Å²) in [4.78, 5) is 39.7. The predicted octanol–water partition coefficient (Wildman–Crippen LogP) is 6.83. The van der Waals surface area contributed by atoms with E-state index in [4.69, 9.17) is 9.47 Å². The van der Waals surface area contributed by atoms with E-state index in [1.165, 1.54) is 77.7 Å². The Hall–Kier alpha value is -4.54. The van der Waals surface area contributed by atoms with Crippen LogP contribution in [-0.4, -0.2) is 42.3 Å². The number of nitrogens with zero attached hydrogens (tertiary/aromatic N) is 5. The van der Waals surface area contributed by atoms with Crippen molar-refractivity contribution in [3.8, 4) is 11.6 Å². The van der Waals surface area contributed by atoms with Crippen molar-refractivity contribution in [2.75, 3.05) is 4.90 Å². The van der Waals surface area contributed by atoms with Gasteiger partial charge in [0.25, 0.3) is 5.88 Å². The van der Waals surface area contributed by atoms with Gasteiger partial charge in [-0.1, -0.05) is 43.5 Å². The van der Waals surface area contributed by atoms with E-state index >= 15 is 0 Å². The molecule has 1 aliphatic carbocycles. The van der Waals surface area contributed by atoms with E-state index in [0.717, 1.165) is 5.56 Å². The Morgan fingerprint density at radius 2 is 1.71 bits per heavy atom. The second-order valence-electron chi connectivity index (χ2n) is 11.5. The van der Waals surface area contributed by atoms with Gasteiger partial charge in [-0.15, -0.1) is 0 Å². The first-order valence-corrected chi connectivity index (χ1v) is 14.0. The summed E-state index contributed by atoms with van der Waals surface area (Å²) in [5, 5.41) is 9.44. The number of anilines is 1. The summed E-state index contributed by atoms with van der Waals surface area (Å²) in [5.41, 5.74) is 1.66. The molecular weight excluding hydrogens is 541 g/mol. The molecule has 2 heterocycles. The average Bonchev–Trinajstić information content (AvgIpc) is 3.35. The lowest BCUT2D eigenvalue weighted by molar-refractivity contribution is -0.137. The van der Waals surface area contributed by atoms with E-state index < -0.39 is 30.0 Å². The number of carboxylic acids is 1. The minimum Gasteiger partial charge on any atom is -0.480 e. The maximum Gasteiger partial charge on any atom is 0.417 e. The summed E-state index contributed by atoms with van der Waals surface area (Å²) in [7, 11) is 0. The van der Waals surface area contributed by atoms with Gasteiger partial charge in [-0.25, -0.2) is 19.1 Å². The maximum atomic E-state index is 13.5. The summed E-state index contributed by atoms with van der Waals surface area (Å²) < 4.78 is 26.5. The van der Waals surface area contributed by atoms with E-state index in [0.29, 0.717) is 5.92 Å². The normalized spacial score (nSPS) is 14.1. The van der Waals surface area contributed by atoms with Crippen LogP contribution in [0.1, 0.15) is 69.9 Å². The molecule has 2 aromatic carbocycles. The van der Waals surface area contributed by atoms with Gasteiger partial charge in [-0.3, -0.25) is 4.79 Å². The van der Waals surface area contributed by atoms with Gasteiger partial charge in [0, 0.05) is 0 Å². The van der Waals surface area contributed by atoms with E-state index in [2.05, 4.69) is 27.1 Å².